The molecule has 0 saturated carbocycles. The van der Waals surface area contributed by atoms with Crippen molar-refractivity contribution in [2.45, 2.75) is 39.5 Å². The summed E-state index contributed by atoms with van der Waals surface area (Å²) in [5.74, 6) is -0.382. The maximum atomic E-state index is 12.9. The van der Waals surface area contributed by atoms with Crippen molar-refractivity contribution in [3.8, 4) is 11.5 Å². The Morgan fingerprint density at radius 2 is 1.79 bits per heavy atom. The number of aromatic nitrogens is 1. The van der Waals surface area contributed by atoms with Crippen molar-refractivity contribution < 1.29 is 17.6 Å². The number of carbonyl (C=O) groups is 1. The topological polar surface area (TPSA) is 83.7 Å². The summed E-state index contributed by atoms with van der Waals surface area (Å²) in [4.78, 5) is 21.2. The molecule has 1 aromatic heterocycles. The van der Waals surface area contributed by atoms with Crippen LogP contribution in [0, 0.1) is 20.8 Å². The average Bonchev–Trinajstić information content (AvgIpc) is 3.13. The van der Waals surface area contributed by atoms with E-state index in [2.05, 4.69) is 41.9 Å². The molecule has 0 aliphatic carbocycles. The lowest BCUT2D eigenvalue weighted by atomic mass is 10.1. The second kappa shape index (κ2) is 9.62. The molecule has 0 N–H and O–H groups in total. The van der Waals surface area contributed by atoms with E-state index in [1.165, 1.54) is 5.56 Å². The molecule has 1 unspecified atom stereocenters. The first-order chi connectivity index (χ1) is 16.1. The fourth-order valence-corrected chi connectivity index (χ4v) is 5.64. The van der Waals surface area contributed by atoms with Crippen LogP contribution in [0.15, 0.2) is 52.9 Å². The molecule has 4 rings (SSSR count). The summed E-state index contributed by atoms with van der Waals surface area (Å²) >= 11 is 0. The number of carbonyl (C=O) groups excluding carboxylic acids is 1. The van der Waals surface area contributed by atoms with Crippen LogP contribution in [0.2, 0.25) is 0 Å². The smallest absolute Gasteiger partial charge is 0.237 e. The van der Waals surface area contributed by atoms with Crippen LogP contribution in [0.4, 0.5) is 5.69 Å². The van der Waals surface area contributed by atoms with Crippen LogP contribution in [0.3, 0.4) is 0 Å². The van der Waals surface area contributed by atoms with E-state index in [0.717, 1.165) is 16.8 Å². The van der Waals surface area contributed by atoms with Crippen LogP contribution >= 0.6 is 0 Å². The fraction of sp³-hybridized carbons (Fsp3) is 0.385. The first-order valence-corrected chi connectivity index (χ1v) is 13.3. The minimum Gasteiger partial charge on any atom is -0.441 e. The molecule has 1 amide bonds. The molecule has 1 aliphatic heterocycles. The lowest BCUT2D eigenvalue weighted by molar-refractivity contribution is -0.129. The van der Waals surface area contributed by atoms with Crippen molar-refractivity contribution in [1.29, 1.82) is 0 Å². The highest BCUT2D eigenvalue weighted by Gasteiger charge is 2.30. The molecule has 1 aliphatic rings. The lowest BCUT2D eigenvalue weighted by Crippen LogP contribution is -2.54. The Labute approximate surface area is 201 Å². The maximum absolute atomic E-state index is 12.9. The molecule has 34 heavy (non-hydrogen) atoms. The standard InChI is InChI=1S/C26H31N3O4S/c1-18-8-10-22(11-9-18)26-27-24(21(4)33-26)16-34(31,32)17-25(30)28-12-13-29(20(3)15-28)23-7-5-6-19(2)14-23/h5-11,14,20H,12-13,15-17H2,1-4H3. The van der Waals surface area contributed by atoms with E-state index in [9.17, 15) is 13.2 Å². The van der Waals surface area contributed by atoms with Crippen molar-refractivity contribution in [3.05, 3.63) is 71.1 Å². The fourth-order valence-electron chi connectivity index (χ4n) is 4.29. The van der Waals surface area contributed by atoms with Crippen molar-refractivity contribution >= 4 is 21.4 Å². The summed E-state index contributed by atoms with van der Waals surface area (Å²) in [6.45, 7) is 9.45. The van der Waals surface area contributed by atoms with Gasteiger partial charge in [0.15, 0.2) is 9.84 Å². The van der Waals surface area contributed by atoms with Crippen LogP contribution in [0.25, 0.3) is 11.5 Å². The van der Waals surface area contributed by atoms with Gasteiger partial charge in [-0.25, -0.2) is 13.4 Å². The number of hydrogen-bond donors (Lipinski definition) is 0. The van der Waals surface area contributed by atoms with Gasteiger partial charge in [-0.2, -0.15) is 0 Å². The number of hydrogen-bond acceptors (Lipinski definition) is 6. The summed E-state index contributed by atoms with van der Waals surface area (Å²) in [5, 5.41) is 0. The first-order valence-electron chi connectivity index (χ1n) is 11.5. The molecule has 0 bridgehead atoms. The third-order valence-electron chi connectivity index (χ3n) is 6.20. The highest BCUT2D eigenvalue weighted by molar-refractivity contribution is 7.91. The molecule has 3 aromatic rings. The van der Waals surface area contributed by atoms with Gasteiger partial charge >= 0.3 is 0 Å². The van der Waals surface area contributed by atoms with Crippen molar-refractivity contribution in [2.24, 2.45) is 0 Å². The van der Waals surface area contributed by atoms with Gasteiger partial charge in [-0.1, -0.05) is 29.8 Å². The van der Waals surface area contributed by atoms with E-state index in [-0.39, 0.29) is 17.7 Å². The van der Waals surface area contributed by atoms with E-state index >= 15 is 0 Å². The number of rotatable bonds is 6. The maximum Gasteiger partial charge on any atom is 0.237 e. The molecule has 8 heteroatoms. The molecule has 2 heterocycles. The molecule has 0 radical (unpaired) electrons. The van der Waals surface area contributed by atoms with Gasteiger partial charge in [-0.05, 0) is 57.5 Å². The zero-order valence-electron chi connectivity index (χ0n) is 20.1. The minimum atomic E-state index is -3.70. The van der Waals surface area contributed by atoms with Gasteiger partial charge < -0.3 is 14.2 Å². The van der Waals surface area contributed by atoms with E-state index in [0.29, 0.717) is 37.0 Å². The highest BCUT2D eigenvalue weighted by atomic mass is 32.2. The van der Waals surface area contributed by atoms with Gasteiger partial charge in [0, 0.05) is 36.9 Å². The van der Waals surface area contributed by atoms with Crippen molar-refractivity contribution in [1.82, 2.24) is 9.88 Å². The predicted molar refractivity (Wildman–Crippen MR) is 133 cm³/mol. The Morgan fingerprint density at radius 3 is 2.47 bits per heavy atom. The number of benzene rings is 2. The van der Waals surface area contributed by atoms with Crippen molar-refractivity contribution in [2.75, 3.05) is 30.3 Å². The third-order valence-corrected chi connectivity index (χ3v) is 7.60. The number of nitrogens with zero attached hydrogens (tertiary/aromatic N) is 3. The Bertz CT molecular complexity index is 1280. The molecular weight excluding hydrogens is 450 g/mol. The van der Waals surface area contributed by atoms with Gasteiger partial charge in [0.2, 0.25) is 11.8 Å². The van der Waals surface area contributed by atoms with E-state index in [1.807, 2.05) is 37.3 Å². The van der Waals surface area contributed by atoms with Gasteiger partial charge in [-0.3, -0.25) is 4.79 Å². The number of anilines is 1. The number of amides is 1. The van der Waals surface area contributed by atoms with Gasteiger partial charge in [-0.15, -0.1) is 0 Å². The quantitative estimate of drug-likeness (QED) is 0.531. The molecular formula is C26H31N3O4S. The molecule has 7 nitrogen and oxygen atoms in total. The molecule has 0 spiro atoms. The van der Waals surface area contributed by atoms with Crippen LogP contribution in [0.5, 0.6) is 0 Å². The van der Waals surface area contributed by atoms with Gasteiger partial charge in [0.05, 0.1) is 11.4 Å². The number of aryl methyl sites for hydroxylation is 3. The van der Waals surface area contributed by atoms with Gasteiger partial charge in [0.1, 0.15) is 11.5 Å². The Kier molecular flexibility index (Phi) is 6.79. The summed E-state index contributed by atoms with van der Waals surface area (Å²) in [5.41, 5.74) is 4.55. The van der Waals surface area contributed by atoms with Crippen molar-refractivity contribution in [3.63, 3.8) is 0 Å². The average molecular weight is 482 g/mol. The lowest BCUT2D eigenvalue weighted by Gasteiger charge is -2.41. The summed E-state index contributed by atoms with van der Waals surface area (Å²) in [6, 6.07) is 16.0. The first kappa shape index (κ1) is 24.0. The number of oxazole rings is 1. The monoisotopic (exact) mass is 481 g/mol. The van der Waals surface area contributed by atoms with E-state index < -0.39 is 15.6 Å². The molecule has 1 saturated heterocycles. The zero-order valence-corrected chi connectivity index (χ0v) is 20.9. The highest BCUT2D eigenvalue weighted by Crippen LogP contribution is 2.24. The van der Waals surface area contributed by atoms with Crippen LogP contribution < -0.4 is 4.90 Å². The van der Waals surface area contributed by atoms with Crippen LogP contribution in [-0.2, 0) is 20.4 Å². The van der Waals surface area contributed by atoms with E-state index in [4.69, 9.17) is 4.42 Å². The van der Waals surface area contributed by atoms with Gasteiger partial charge in [0.25, 0.3) is 0 Å². The Hall–Kier alpha value is -3.13. The molecule has 1 fully saturated rings. The van der Waals surface area contributed by atoms with Crippen LogP contribution in [-0.4, -0.2) is 55.6 Å². The second-order valence-corrected chi connectivity index (χ2v) is 11.2. The predicted octanol–water partition coefficient (Wildman–Crippen LogP) is 3.92. The van der Waals surface area contributed by atoms with Crippen LogP contribution in [0.1, 0.15) is 29.5 Å². The van der Waals surface area contributed by atoms with E-state index in [1.54, 1.807) is 11.8 Å². The third kappa shape index (κ3) is 5.50. The largest absolute Gasteiger partial charge is 0.441 e. The summed E-state index contributed by atoms with van der Waals surface area (Å²) in [6.07, 6.45) is 0. The summed E-state index contributed by atoms with van der Waals surface area (Å²) in [7, 11) is -3.70. The second-order valence-electron chi connectivity index (χ2n) is 9.14. The normalized spacial score (nSPS) is 16.6. The molecule has 1 atom stereocenters. The Balaban J connectivity index is 1.39. The zero-order chi connectivity index (χ0) is 24.5. The summed E-state index contributed by atoms with van der Waals surface area (Å²) < 4.78 is 31.4. The minimum absolute atomic E-state index is 0.0945. The molecule has 180 valence electrons. The Morgan fingerprint density at radius 1 is 1.06 bits per heavy atom. The SMILES string of the molecule is Cc1ccc(-c2nc(CS(=O)(=O)CC(=O)N3CCN(c4cccc(C)c4)C(C)C3)c(C)o2)cc1. The molecule has 2 aromatic carbocycles. The number of piperazine rings is 1. The number of sulfone groups is 1.